The van der Waals surface area contributed by atoms with Gasteiger partial charge in [-0.25, -0.2) is 0 Å². The smallest absolute Gasteiger partial charge is 0.256 e. The number of fused-ring (bicyclic) bond motifs is 40. The highest BCUT2D eigenvalue weighted by Gasteiger charge is 2.52. The van der Waals surface area contributed by atoms with Crippen LogP contribution in [0.2, 0.25) is 0 Å². The molecule has 32 rings (SSSR count). The van der Waals surface area contributed by atoms with Crippen molar-refractivity contribution in [3.8, 4) is 57.4 Å². The van der Waals surface area contributed by atoms with Gasteiger partial charge in [-0.15, -0.1) is 0 Å². The number of ether oxygens (including phenoxy) is 4. The lowest BCUT2D eigenvalue weighted by Crippen LogP contribution is -2.62. The first-order valence-corrected chi connectivity index (χ1v) is 42.5. The van der Waals surface area contributed by atoms with Gasteiger partial charge < -0.3 is 55.6 Å². The maximum atomic E-state index is 7.57. The van der Waals surface area contributed by atoms with E-state index in [1.807, 2.05) is 36.4 Å². The first-order chi connectivity index (χ1) is 61.6. The fourth-order valence-corrected chi connectivity index (χ4v) is 23.5. The van der Waals surface area contributed by atoms with Crippen molar-refractivity contribution in [1.29, 1.82) is 0 Å². The largest absolute Gasteiger partial charge is 0.456 e. The molecule has 0 fully saturated rings. The minimum atomic E-state index is -0.151. The Balaban J connectivity index is 0.000000120. The highest BCUT2D eigenvalue weighted by Crippen LogP contribution is 2.55. The first-order valence-electron chi connectivity index (χ1n) is 42.5. The molecule has 568 valence electrons. The van der Waals surface area contributed by atoms with Crippen LogP contribution >= 0.6 is 0 Å². The summed E-state index contributed by atoms with van der Waals surface area (Å²) in [4.78, 5) is 4.72. The van der Waals surface area contributed by atoms with Crippen molar-refractivity contribution in [1.82, 2.24) is 9.13 Å². The molecule has 0 radical (unpaired) electrons. The average molecular weight is 1580 g/mol. The summed E-state index contributed by atoms with van der Waals surface area (Å²) in [5.41, 5.74) is 33.7. The van der Waals surface area contributed by atoms with E-state index in [9.17, 15) is 0 Å². The van der Waals surface area contributed by atoms with E-state index in [0.29, 0.717) is 0 Å². The number of hydrogen-bond donors (Lipinski definition) is 0. The Labute approximate surface area is 705 Å². The van der Waals surface area contributed by atoms with Crippen LogP contribution in [0.5, 0.6) is 46.0 Å². The third-order valence-electron chi connectivity index (χ3n) is 28.1. The van der Waals surface area contributed by atoms with Gasteiger partial charge in [0.15, 0.2) is 23.0 Å². The van der Waals surface area contributed by atoms with Crippen molar-refractivity contribution in [2.75, 3.05) is 9.80 Å². The van der Waals surface area contributed by atoms with E-state index >= 15 is 0 Å². The van der Waals surface area contributed by atoms with E-state index in [1.165, 1.54) is 65.5 Å². The lowest BCUT2D eigenvalue weighted by Gasteiger charge is -2.42. The molecule has 0 N–H and O–H groups in total. The summed E-state index contributed by atoms with van der Waals surface area (Å²) < 4.78 is 61.7. The van der Waals surface area contributed by atoms with Gasteiger partial charge in [0.2, 0.25) is 0 Å². The summed E-state index contributed by atoms with van der Waals surface area (Å²) in [5, 5.41) is 13.3. The van der Waals surface area contributed by atoms with Gasteiger partial charge in [0.05, 0.1) is 44.0 Å². The predicted molar refractivity (Wildman–Crippen MR) is 505 cm³/mol. The van der Waals surface area contributed by atoms with E-state index < -0.39 is 0 Å². The molecule has 16 heteroatoms. The second-order valence-electron chi connectivity index (χ2n) is 34.0. The average Bonchev–Trinajstić information content (AvgIpc) is 1.37. The standard InChI is InChI=1S/C54H26B2N2O4.C54H30B2N2O4/c1-5-19-37-27(11-1)29-15-9-17-33-49(29)57(37)51-45-31-13-3-7-21-39(31)59-41(45)25-43-47(51)55(33)35-23-24-36-54(53(35)61-43)62-44-26-42-46(32-14-4-8-22-40(32)60-42)52-48(44)56(36)34-18-10-16-30-28-12-2-6-20-38(28)58(52)50(30)34;1-3-15-31(16-4-1)57-39-23-11-9-21-35(39)55-37-27-28-38-52(51(37)61-53-47-33-19-7-13-25-43(33)59-45(47)29-41(57)49(53)55)62-54-48-34-20-8-14-26-44(34)60-46(48)30-42-50(54)56(38)36-22-10-12-24-40(36)58(42)32-17-5-2-6-18-32/h1-26H;1-30H. The van der Waals surface area contributed by atoms with Crippen LogP contribution in [-0.2, 0) is 0 Å². The molecule has 8 aliphatic heterocycles. The summed E-state index contributed by atoms with van der Waals surface area (Å²) in [5.74, 6) is 6.11. The zero-order chi connectivity index (χ0) is 79.9. The van der Waals surface area contributed by atoms with Crippen LogP contribution < -0.4 is 94.3 Å². The van der Waals surface area contributed by atoms with Crippen molar-refractivity contribution in [3.05, 3.63) is 340 Å². The number of benzene rings is 18. The zero-order valence-electron chi connectivity index (χ0n) is 65.7. The number of anilines is 6. The van der Waals surface area contributed by atoms with Crippen LogP contribution in [0.1, 0.15) is 0 Å². The maximum absolute atomic E-state index is 7.57. The monoisotopic (exact) mass is 1580 g/mol. The third kappa shape index (κ3) is 7.98. The van der Waals surface area contributed by atoms with Gasteiger partial charge in [0.1, 0.15) is 67.7 Å². The lowest BCUT2D eigenvalue weighted by molar-refractivity contribution is 0.424. The van der Waals surface area contributed by atoms with Crippen LogP contribution in [0.4, 0.5) is 34.1 Å². The van der Waals surface area contributed by atoms with E-state index in [2.05, 4.69) is 322 Å². The van der Waals surface area contributed by atoms with Gasteiger partial charge in [-0.2, -0.15) is 0 Å². The molecule has 24 aromatic rings. The molecule has 0 bridgehead atoms. The van der Waals surface area contributed by atoms with E-state index in [1.54, 1.807) is 0 Å². The molecule has 0 unspecified atom stereocenters. The SMILES string of the molecule is c1ccc(N2c3ccccc3B3c4ccc5c(c4Oc4c3c2cc2oc3ccccc3c42)Oc2c3c(cc4oc6ccccc6c24)N(c2ccccc2)c2ccccc2B53)cc1.c1ccc2c(c1)oc1cc3c4c(c12)-n1c2ccccc2c2cccc(c21)B4c1ccc2c(c1O3)Oc1cc3oc4ccccc4c3c3c1B2c1cccc2c4ccccc4n-3c12. The third-order valence-corrected chi connectivity index (χ3v) is 28.1. The van der Waals surface area contributed by atoms with Crippen LogP contribution in [0.3, 0.4) is 0 Å². The van der Waals surface area contributed by atoms with Crippen LogP contribution in [-0.4, -0.2) is 36.0 Å². The molecule has 6 aromatic heterocycles. The molecule has 0 aliphatic carbocycles. The fraction of sp³-hybridized carbons (Fsp3) is 0. The Morgan fingerprint density at radius 2 is 0.516 bits per heavy atom. The number of furan rings is 4. The number of aromatic nitrogens is 2. The second-order valence-corrected chi connectivity index (χ2v) is 34.0. The molecule has 14 heterocycles. The van der Waals surface area contributed by atoms with Crippen molar-refractivity contribution in [3.63, 3.8) is 0 Å². The molecular formula is C108H56B4N4O8. The quantitative estimate of drug-likeness (QED) is 0.155. The van der Waals surface area contributed by atoms with Gasteiger partial charge in [-0.05, 0) is 138 Å². The molecule has 8 aliphatic rings. The highest BCUT2D eigenvalue weighted by molar-refractivity contribution is 7.03. The maximum Gasteiger partial charge on any atom is 0.256 e. The van der Waals surface area contributed by atoms with Crippen LogP contribution in [0.25, 0.3) is 143 Å². The van der Waals surface area contributed by atoms with Crippen molar-refractivity contribution >= 4 is 258 Å². The Bertz CT molecular complexity index is 8590. The number of para-hydroxylation sites is 12. The molecule has 0 atom stereocenters. The Morgan fingerprint density at radius 3 is 0.927 bits per heavy atom. The topological polar surface area (TPSA) is 106 Å². The van der Waals surface area contributed by atoms with E-state index in [4.69, 9.17) is 36.6 Å². The summed E-state index contributed by atoms with van der Waals surface area (Å²) in [6.45, 7) is -0.546. The Kier molecular flexibility index (Phi) is 12.0. The number of nitrogens with zero attached hydrogens (tertiary/aromatic N) is 4. The molecular weight excluding hydrogens is 1520 g/mol. The molecule has 0 saturated heterocycles. The Morgan fingerprint density at radius 1 is 0.202 bits per heavy atom. The van der Waals surface area contributed by atoms with Gasteiger partial charge in [0, 0.05) is 113 Å². The predicted octanol–water partition coefficient (Wildman–Crippen LogP) is 19.8. The minimum absolute atomic E-state index is 0.122. The highest BCUT2D eigenvalue weighted by atomic mass is 16.5. The van der Waals surface area contributed by atoms with Gasteiger partial charge in [-0.1, -0.05) is 243 Å². The second kappa shape index (κ2) is 23.0. The minimum Gasteiger partial charge on any atom is -0.456 e. The summed E-state index contributed by atoms with van der Waals surface area (Å²) >= 11 is 0. The van der Waals surface area contributed by atoms with Gasteiger partial charge >= 0.3 is 0 Å². The van der Waals surface area contributed by atoms with Crippen LogP contribution in [0.15, 0.2) is 357 Å². The molecule has 0 amide bonds. The molecule has 124 heavy (non-hydrogen) atoms. The summed E-state index contributed by atoms with van der Waals surface area (Å²) in [7, 11) is 0. The number of hydrogen-bond acceptors (Lipinski definition) is 10. The first kappa shape index (κ1) is 64.8. The number of rotatable bonds is 2. The van der Waals surface area contributed by atoms with Crippen molar-refractivity contribution in [2.45, 2.75) is 0 Å². The molecule has 0 saturated carbocycles. The molecule has 0 spiro atoms. The fourth-order valence-electron chi connectivity index (χ4n) is 23.5. The van der Waals surface area contributed by atoms with Crippen molar-refractivity contribution < 1.29 is 36.6 Å². The normalized spacial score (nSPS) is 14.0. The Hall–Kier alpha value is -16.2. The zero-order valence-corrected chi connectivity index (χ0v) is 65.7. The van der Waals surface area contributed by atoms with E-state index in [-0.39, 0.29) is 26.9 Å². The molecule has 12 nitrogen and oxygen atoms in total. The lowest BCUT2D eigenvalue weighted by atomic mass is 9.32. The van der Waals surface area contributed by atoms with Crippen LogP contribution in [0, 0.1) is 0 Å². The van der Waals surface area contributed by atoms with Crippen molar-refractivity contribution in [2.24, 2.45) is 0 Å². The van der Waals surface area contributed by atoms with Gasteiger partial charge in [0.25, 0.3) is 26.9 Å². The summed E-state index contributed by atoms with van der Waals surface area (Å²) in [6, 6.07) is 121. The molecule has 18 aromatic carbocycles. The summed E-state index contributed by atoms with van der Waals surface area (Å²) in [6.07, 6.45) is 0. The van der Waals surface area contributed by atoms with Gasteiger partial charge in [-0.3, -0.25) is 0 Å². The van der Waals surface area contributed by atoms with E-state index in [0.717, 1.165) is 223 Å².